The summed E-state index contributed by atoms with van der Waals surface area (Å²) in [7, 11) is -2.99. The molecule has 5 nitrogen and oxygen atoms in total. The number of hydrogen-bond acceptors (Lipinski definition) is 5. The number of carbonyl (C=O) groups excluding carboxylic acids is 1. The van der Waals surface area contributed by atoms with Gasteiger partial charge in [-0.05, 0) is 6.42 Å². The van der Waals surface area contributed by atoms with Crippen molar-refractivity contribution in [3.63, 3.8) is 0 Å². The fraction of sp³-hybridized carbons (Fsp3) is 0.286. The van der Waals surface area contributed by atoms with Gasteiger partial charge in [0.15, 0.2) is 9.84 Å². The summed E-state index contributed by atoms with van der Waals surface area (Å²) in [6.07, 6.45) is 0.476. The Labute approximate surface area is 127 Å². The lowest BCUT2D eigenvalue weighted by atomic mass is 10.2. The Morgan fingerprint density at radius 2 is 2.05 bits per heavy atom. The molecular formula is C14H14N2O3S2. The summed E-state index contributed by atoms with van der Waals surface area (Å²) < 4.78 is 22.8. The van der Waals surface area contributed by atoms with Gasteiger partial charge in [0, 0.05) is 17.0 Å². The minimum absolute atomic E-state index is 0.0222. The van der Waals surface area contributed by atoms with Crippen molar-refractivity contribution < 1.29 is 13.2 Å². The molecule has 1 aliphatic rings. The molecule has 110 valence electrons. The van der Waals surface area contributed by atoms with E-state index in [-0.39, 0.29) is 23.5 Å². The number of thiazole rings is 1. The Kier molecular flexibility index (Phi) is 3.77. The zero-order chi connectivity index (χ0) is 14.9. The summed E-state index contributed by atoms with van der Waals surface area (Å²) in [4.78, 5) is 16.4. The number of nitrogens with zero attached hydrogens (tertiary/aromatic N) is 1. The first-order valence-corrected chi connectivity index (χ1v) is 9.26. The molecule has 3 rings (SSSR count). The molecule has 1 aromatic carbocycles. The van der Waals surface area contributed by atoms with Crippen molar-refractivity contribution in [3.8, 4) is 10.6 Å². The fourth-order valence-electron chi connectivity index (χ4n) is 2.26. The molecule has 1 fully saturated rings. The Morgan fingerprint density at radius 1 is 1.29 bits per heavy atom. The zero-order valence-electron chi connectivity index (χ0n) is 11.2. The topological polar surface area (TPSA) is 76.1 Å². The van der Waals surface area contributed by atoms with E-state index in [4.69, 9.17) is 0 Å². The normalized spacial score (nSPS) is 20.3. The lowest BCUT2D eigenvalue weighted by Crippen LogP contribution is -2.35. The molecule has 2 aromatic rings. The van der Waals surface area contributed by atoms with Gasteiger partial charge in [0.1, 0.15) is 10.7 Å². The lowest BCUT2D eigenvalue weighted by Gasteiger charge is -2.08. The molecule has 7 heteroatoms. The summed E-state index contributed by atoms with van der Waals surface area (Å²) in [6, 6.07) is 9.32. The predicted octanol–water partition coefficient (Wildman–Crippen LogP) is 1.73. The first-order valence-electron chi connectivity index (χ1n) is 6.56. The third-order valence-corrected chi connectivity index (χ3v) is 5.98. The van der Waals surface area contributed by atoms with E-state index in [9.17, 15) is 13.2 Å². The second-order valence-electron chi connectivity index (χ2n) is 4.98. The van der Waals surface area contributed by atoms with Gasteiger partial charge in [-0.2, -0.15) is 0 Å². The highest BCUT2D eigenvalue weighted by Crippen LogP contribution is 2.23. The molecule has 0 bridgehead atoms. The smallest absolute Gasteiger partial charge is 0.271 e. The Hall–Kier alpha value is -1.73. The van der Waals surface area contributed by atoms with Crippen LogP contribution in [-0.4, -0.2) is 36.9 Å². The largest absolute Gasteiger partial charge is 0.347 e. The van der Waals surface area contributed by atoms with Crippen LogP contribution in [0.5, 0.6) is 0 Å². The molecule has 1 amide bonds. The Morgan fingerprint density at radius 3 is 2.71 bits per heavy atom. The highest BCUT2D eigenvalue weighted by atomic mass is 32.2. The van der Waals surface area contributed by atoms with Gasteiger partial charge in [0.05, 0.1) is 11.5 Å². The van der Waals surface area contributed by atoms with Crippen LogP contribution in [0.1, 0.15) is 16.9 Å². The molecule has 0 unspecified atom stereocenters. The zero-order valence-corrected chi connectivity index (χ0v) is 12.8. The molecule has 0 radical (unpaired) electrons. The maximum Gasteiger partial charge on any atom is 0.271 e. The van der Waals surface area contributed by atoms with Gasteiger partial charge in [0.2, 0.25) is 0 Å². The fourth-order valence-corrected chi connectivity index (χ4v) is 4.74. The number of aromatic nitrogens is 1. The number of carbonyl (C=O) groups is 1. The van der Waals surface area contributed by atoms with Crippen molar-refractivity contribution >= 4 is 27.1 Å². The van der Waals surface area contributed by atoms with Crippen LogP contribution in [0.15, 0.2) is 35.7 Å². The minimum atomic E-state index is -2.99. The molecule has 0 aliphatic carbocycles. The van der Waals surface area contributed by atoms with Gasteiger partial charge in [-0.3, -0.25) is 4.79 Å². The maximum atomic E-state index is 12.1. The van der Waals surface area contributed by atoms with E-state index < -0.39 is 9.84 Å². The Balaban J connectivity index is 1.70. The summed E-state index contributed by atoms with van der Waals surface area (Å²) in [5.74, 6) is -0.144. The van der Waals surface area contributed by atoms with Crippen LogP contribution in [0.3, 0.4) is 0 Å². The standard InChI is InChI=1S/C14H14N2O3S2/c17-13(15-11-6-7-21(18,19)9-11)12-8-20-14(16-12)10-4-2-1-3-5-10/h1-5,8,11H,6-7,9H2,(H,15,17)/t11-/m0/s1. The van der Waals surface area contributed by atoms with Crippen molar-refractivity contribution in [2.24, 2.45) is 0 Å². The molecule has 1 aromatic heterocycles. The number of amides is 1. The second-order valence-corrected chi connectivity index (χ2v) is 8.06. The van der Waals surface area contributed by atoms with Crippen molar-refractivity contribution in [1.82, 2.24) is 10.3 Å². The molecule has 1 atom stereocenters. The first kappa shape index (κ1) is 14.2. The van der Waals surface area contributed by atoms with Crippen molar-refractivity contribution in [2.75, 3.05) is 11.5 Å². The molecule has 1 N–H and O–H groups in total. The van der Waals surface area contributed by atoms with Crippen molar-refractivity contribution in [2.45, 2.75) is 12.5 Å². The van der Waals surface area contributed by atoms with Crippen LogP contribution < -0.4 is 5.32 Å². The third kappa shape index (κ3) is 3.30. The summed E-state index contributed by atoms with van der Waals surface area (Å²) in [6.45, 7) is 0. The summed E-state index contributed by atoms with van der Waals surface area (Å²) in [5.41, 5.74) is 1.30. The van der Waals surface area contributed by atoms with Crippen LogP contribution in [0.25, 0.3) is 10.6 Å². The average Bonchev–Trinajstić information content (AvgIpc) is 3.07. The molecule has 21 heavy (non-hydrogen) atoms. The first-order chi connectivity index (χ1) is 10.0. The number of benzene rings is 1. The maximum absolute atomic E-state index is 12.1. The van der Waals surface area contributed by atoms with Crippen molar-refractivity contribution in [1.29, 1.82) is 0 Å². The van der Waals surface area contributed by atoms with Crippen LogP contribution in [0.2, 0.25) is 0 Å². The Bertz CT molecular complexity index is 754. The van der Waals surface area contributed by atoms with E-state index in [1.165, 1.54) is 11.3 Å². The van der Waals surface area contributed by atoms with E-state index in [1.807, 2.05) is 30.3 Å². The van der Waals surface area contributed by atoms with Gasteiger partial charge in [0.25, 0.3) is 5.91 Å². The molecule has 1 saturated heterocycles. The van der Waals surface area contributed by atoms with Crippen LogP contribution in [0, 0.1) is 0 Å². The quantitative estimate of drug-likeness (QED) is 0.933. The average molecular weight is 322 g/mol. The van der Waals surface area contributed by atoms with Gasteiger partial charge in [-0.25, -0.2) is 13.4 Å². The molecule has 0 spiro atoms. The van der Waals surface area contributed by atoms with Crippen molar-refractivity contribution in [3.05, 3.63) is 41.4 Å². The van der Waals surface area contributed by atoms with E-state index in [2.05, 4.69) is 10.3 Å². The number of hydrogen-bond donors (Lipinski definition) is 1. The highest BCUT2D eigenvalue weighted by molar-refractivity contribution is 7.91. The number of sulfone groups is 1. The van der Waals surface area contributed by atoms with E-state index in [1.54, 1.807) is 5.38 Å². The minimum Gasteiger partial charge on any atom is -0.347 e. The van der Waals surface area contributed by atoms with Gasteiger partial charge >= 0.3 is 0 Å². The monoisotopic (exact) mass is 322 g/mol. The molecule has 0 saturated carbocycles. The highest BCUT2D eigenvalue weighted by Gasteiger charge is 2.29. The van der Waals surface area contributed by atoms with Crippen LogP contribution in [0.4, 0.5) is 0 Å². The number of nitrogens with one attached hydrogen (secondary N) is 1. The second kappa shape index (κ2) is 5.57. The molecule has 1 aliphatic heterocycles. The van der Waals surface area contributed by atoms with E-state index in [0.29, 0.717) is 12.1 Å². The van der Waals surface area contributed by atoms with Crippen LogP contribution >= 0.6 is 11.3 Å². The summed E-state index contributed by atoms with van der Waals surface area (Å²) >= 11 is 1.40. The SMILES string of the molecule is O=C(N[C@H]1CCS(=O)(=O)C1)c1csc(-c2ccccc2)n1. The molecule has 2 heterocycles. The van der Waals surface area contributed by atoms with Gasteiger partial charge < -0.3 is 5.32 Å². The molecular weight excluding hydrogens is 308 g/mol. The summed E-state index contributed by atoms with van der Waals surface area (Å²) in [5, 5.41) is 5.21. The van der Waals surface area contributed by atoms with E-state index in [0.717, 1.165) is 10.6 Å². The van der Waals surface area contributed by atoms with Gasteiger partial charge in [-0.15, -0.1) is 11.3 Å². The predicted molar refractivity (Wildman–Crippen MR) is 82.1 cm³/mol. The third-order valence-electron chi connectivity index (χ3n) is 3.33. The van der Waals surface area contributed by atoms with Gasteiger partial charge in [-0.1, -0.05) is 30.3 Å². The van der Waals surface area contributed by atoms with Crippen LogP contribution in [-0.2, 0) is 9.84 Å². The lowest BCUT2D eigenvalue weighted by molar-refractivity contribution is 0.0937. The van der Waals surface area contributed by atoms with E-state index >= 15 is 0 Å². The number of rotatable bonds is 3.